The summed E-state index contributed by atoms with van der Waals surface area (Å²) in [5, 5.41) is 11.9. The summed E-state index contributed by atoms with van der Waals surface area (Å²) in [5.41, 5.74) is 2.28. The third-order valence-electron chi connectivity index (χ3n) is 3.06. The van der Waals surface area contributed by atoms with E-state index in [0.29, 0.717) is 16.6 Å². The second-order valence-corrected chi connectivity index (χ2v) is 5.29. The van der Waals surface area contributed by atoms with Crippen molar-refractivity contribution < 1.29 is 9.90 Å². The number of aromatic nitrogens is 1. The fraction of sp³-hybridized carbons (Fsp3) is 0. The number of rotatable bonds is 2. The van der Waals surface area contributed by atoms with Crippen LogP contribution in [0.15, 0.2) is 59.1 Å². The molecule has 0 fully saturated rings. The minimum absolute atomic E-state index is 0.148. The highest BCUT2D eigenvalue weighted by Gasteiger charge is 2.08. The van der Waals surface area contributed by atoms with Gasteiger partial charge in [0, 0.05) is 21.0 Å². The van der Waals surface area contributed by atoms with E-state index in [1.165, 1.54) is 0 Å². The van der Waals surface area contributed by atoms with Gasteiger partial charge in [-0.15, -0.1) is 0 Å². The Balaban J connectivity index is 2.32. The number of nitrogens with zero attached hydrogens (tertiary/aromatic N) is 1. The first-order valence-electron chi connectivity index (χ1n) is 6.02. The normalized spacial score (nSPS) is 10.7. The quantitative estimate of drug-likeness (QED) is 0.727. The van der Waals surface area contributed by atoms with Crippen LogP contribution in [-0.4, -0.2) is 11.0 Å². The molecule has 0 bridgehead atoms. The van der Waals surface area contributed by atoms with Crippen LogP contribution in [0.4, 0.5) is 0 Å². The summed E-state index contributed by atoms with van der Waals surface area (Å²) in [6.07, 6.45) is 0. The van der Waals surface area contributed by atoms with Crippen molar-refractivity contribution in [3.05, 3.63) is 64.6 Å². The molecule has 2 aromatic carbocycles. The van der Waals surface area contributed by atoms with Crippen molar-refractivity contribution in [3.63, 3.8) is 0 Å². The smallest absolute Gasteiger partial charge is 0.0722 e. The summed E-state index contributed by atoms with van der Waals surface area (Å²) in [6, 6.07) is 16.4. The van der Waals surface area contributed by atoms with Crippen molar-refractivity contribution in [1.82, 2.24) is 4.98 Å². The number of aromatic carboxylic acids is 1. The average molecular weight is 327 g/mol. The number of carbonyl (C=O) groups is 1. The molecule has 0 saturated carbocycles. The number of hydrogen-bond acceptors (Lipinski definition) is 3. The molecule has 3 nitrogen and oxygen atoms in total. The van der Waals surface area contributed by atoms with Crippen LogP contribution >= 0.6 is 15.9 Å². The van der Waals surface area contributed by atoms with Crippen LogP contribution in [0.3, 0.4) is 0 Å². The minimum Gasteiger partial charge on any atom is -0.545 e. The number of carboxylic acid groups (broad SMARTS) is 1. The van der Waals surface area contributed by atoms with Gasteiger partial charge >= 0.3 is 0 Å². The molecule has 0 amide bonds. The summed E-state index contributed by atoms with van der Waals surface area (Å²) >= 11 is 3.34. The molecule has 3 aromatic rings. The molecule has 0 N–H and O–H groups in total. The Kier molecular flexibility index (Phi) is 3.24. The van der Waals surface area contributed by atoms with Crippen molar-refractivity contribution in [1.29, 1.82) is 0 Å². The fourth-order valence-electron chi connectivity index (χ4n) is 2.12. The second kappa shape index (κ2) is 5.06. The largest absolute Gasteiger partial charge is 0.545 e. The Morgan fingerprint density at radius 2 is 1.80 bits per heavy atom. The fourth-order valence-corrected chi connectivity index (χ4v) is 2.48. The van der Waals surface area contributed by atoms with Gasteiger partial charge in [-0.3, -0.25) is 0 Å². The zero-order valence-corrected chi connectivity index (χ0v) is 11.9. The number of carbonyl (C=O) groups excluding carboxylic acids is 1. The van der Waals surface area contributed by atoms with Crippen molar-refractivity contribution >= 4 is 32.8 Å². The molecule has 0 aliphatic heterocycles. The molecule has 20 heavy (non-hydrogen) atoms. The van der Waals surface area contributed by atoms with Crippen LogP contribution in [-0.2, 0) is 0 Å². The highest BCUT2D eigenvalue weighted by atomic mass is 79.9. The van der Waals surface area contributed by atoms with Gasteiger partial charge in [0.1, 0.15) is 0 Å². The molecule has 3 rings (SSSR count). The van der Waals surface area contributed by atoms with Crippen molar-refractivity contribution in [2.45, 2.75) is 0 Å². The Hall–Kier alpha value is -2.20. The lowest BCUT2D eigenvalue weighted by Crippen LogP contribution is -2.22. The van der Waals surface area contributed by atoms with Gasteiger partial charge in [0.2, 0.25) is 0 Å². The van der Waals surface area contributed by atoms with Gasteiger partial charge in [-0.1, -0.05) is 46.3 Å². The van der Waals surface area contributed by atoms with Gasteiger partial charge in [-0.25, -0.2) is 4.98 Å². The summed E-state index contributed by atoms with van der Waals surface area (Å²) in [6.45, 7) is 0. The molecular formula is C16H9BrNO2-. The molecule has 1 aromatic heterocycles. The monoisotopic (exact) mass is 326 g/mol. The molecule has 0 unspecified atom stereocenters. The van der Waals surface area contributed by atoms with Crippen molar-refractivity contribution in [2.24, 2.45) is 0 Å². The molecule has 1 heterocycles. The standard InChI is InChI=1S/C16H10BrNO2/c17-11-6-7-14-12(8-11)13(16(19)20)9-15(18-14)10-4-2-1-3-5-10/h1-9H,(H,19,20)/p-1. The first kappa shape index (κ1) is 12.8. The number of hydrogen-bond donors (Lipinski definition) is 0. The third-order valence-corrected chi connectivity index (χ3v) is 3.55. The van der Waals surface area contributed by atoms with E-state index in [0.717, 1.165) is 10.0 Å². The van der Waals surface area contributed by atoms with E-state index in [4.69, 9.17) is 0 Å². The van der Waals surface area contributed by atoms with Crippen LogP contribution in [0.25, 0.3) is 22.2 Å². The van der Waals surface area contributed by atoms with Crippen molar-refractivity contribution in [2.75, 3.05) is 0 Å². The van der Waals surface area contributed by atoms with E-state index in [9.17, 15) is 9.90 Å². The summed E-state index contributed by atoms with van der Waals surface area (Å²) in [7, 11) is 0. The molecule has 0 atom stereocenters. The molecule has 0 spiro atoms. The average Bonchev–Trinajstić information content (AvgIpc) is 2.47. The van der Waals surface area contributed by atoms with E-state index < -0.39 is 5.97 Å². The van der Waals surface area contributed by atoms with E-state index >= 15 is 0 Å². The van der Waals surface area contributed by atoms with Gasteiger partial charge < -0.3 is 9.90 Å². The minimum atomic E-state index is -1.20. The van der Waals surface area contributed by atoms with Gasteiger partial charge in [-0.2, -0.15) is 0 Å². The number of benzene rings is 2. The SMILES string of the molecule is O=C([O-])c1cc(-c2ccccc2)nc2ccc(Br)cc12. The number of carboxylic acids is 1. The molecule has 4 heteroatoms. The Morgan fingerprint density at radius 3 is 2.50 bits per heavy atom. The van der Waals surface area contributed by atoms with E-state index in [-0.39, 0.29) is 5.56 Å². The lowest BCUT2D eigenvalue weighted by Gasteiger charge is -2.11. The maximum absolute atomic E-state index is 11.4. The van der Waals surface area contributed by atoms with Gasteiger partial charge in [0.15, 0.2) is 0 Å². The van der Waals surface area contributed by atoms with Gasteiger partial charge in [0.05, 0.1) is 17.2 Å². The van der Waals surface area contributed by atoms with Crippen LogP contribution in [0.2, 0.25) is 0 Å². The van der Waals surface area contributed by atoms with Crippen LogP contribution in [0.1, 0.15) is 10.4 Å². The summed E-state index contributed by atoms with van der Waals surface area (Å²) in [5.74, 6) is -1.20. The van der Waals surface area contributed by atoms with Crippen molar-refractivity contribution in [3.8, 4) is 11.3 Å². The second-order valence-electron chi connectivity index (χ2n) is 4.37. The molecular weight excluding hydrogens is 318 g/mol. The number of pyridine rings is 1. The maximum atomic E-state index is 11.4. The Morgan fingerprint density at radius 1 is 1.05 bits per heavy atom. The molecule has 0 radical (unpaired) electrons. The lowest BCUT2D eigenvalue weighted by atomic mass is 10.0. The maximum Gasteiger partial charge on any atom is 0.0722 e. The molecule has 98 valence electrons. The molecule has 0 saturated heterocycles. The Labute approximate surface area is 124 Å². The first-order valence-corrected chi connectivity index (χ1v) is 6.81. The van der Waals surface area contributed by atoms with Gasteiger partial charge in [-0.05, 0) is 24.3 Å². The zero-order valence-electron chi connectivity index (χ0n) is 10.3. The van der Waals surface area contributed by atoms with E-state index in [2.05, 4.69) is 20.9 Å². The number of halogens is 1. The Bertz CT molecular complexity index is 800. The number of fused-ring (bicyclic) bond motifs is 1. The topological polar surface area (TPSA) is 53.0 Å². The lowest BCUT2D eigenvalue weighted by molar-refractivity contribution is -0.254. The van der Waals surface area contributed by atoms with Crippen LogP contribution < -0.4 is 5.11 Å². The predicted octanol–water partition coefficient (Wildman–Crippen LogP) is 3.03. The molecule has 0 aliphatic carbocycles. The van der Waals surface area contributed by atoms with Crippen LogP contribution in [0, 0.1) is 0 Å². The van der Waals surface area contributed by atoms with E-state index in [1.54, 1.807) is 18.2 Å². The van der Waals surface area contributed by atoms with Gasteiger partial charge in [0.25, 0.3) is 0 Å². The molecule has 0 aliphatic rings. The van der Waals surface area contributed by atoms with Crippen LogP contribution in [0.5, 0.6) is 0 Å². The third kappa shape index (κ3) is 2.30. The summed E-state index contributed by atoms with van der Waals surface area (Å²) in [4.78, 5) is 15.9. The zero-order chi connectivity index (χ0) is 14.1. The predicted molar refractivity (Wildman–Crippen MR) is 79.2 cm³/mol. The highest BCUT2D eigenvalue weighted by molar-refractivity contribution is 9.10. The van der Waals surface area contributed by atoms with E-state index in [1.807, 2.05) is 36.4 Å². The summed E-state index contributed by atoms with van der Waals surface area (Å²) < 4.78 is 0.807. The highest BCUT2D eigenvalue weighted by Crippen LogP contribution is 2.26. The first-order chi connectivity index (χ1) is 9.65.